The third-order valence-corrected chi connectivity index (χ3v) is 5.13. The third kappa shape index (κ3) is 5.67. The van der Waals surface area contributed by atoms with Gasteiger partial charge in [-0.1, -0.05) is 0 Å². The highest BCUT2D eigenvalue weighted by atomic mass is 32.1. The van der Waals surface area contributed by atoms with E-state index < -0.39 is 5.60 Å². The molecule has 25 heavy (non-hydrogen) atoms. The van der Waals surface area contributed by atoms with E-state index in [1.54, 1.807) is 21.1 Å². The maximum absolute atomic E-state index is 12.4. The fourth-order valence-corrected chi connectivity index (χ4v) is 3.47. The Balaban J connectivity index is 1.76. The van der Waals surface area contributed by atoms with Gasteiger partial charge in [0.1, 0.15) is 5.60 Å². The minimum Gasteiger partial charge on any atom is -0.444 e. The van der Waals surface area contributed by atoms with E-state index in [0.29, 0.717) is 26.2 Å². The Hall–Kier alpha value is -1.67. The summed E-state index contributed by atoms with van der Waals surface area (Å²) in [6.07, 6.45) is -0.313. The van der Waals surface area contributed by atoms with Crippen LogP contribution in [-0.2, 0) is 9.53 Å². The van der Waals surface area contributed by atoms with Gasteiger partial charge in [-0.2, -0.15) is 0 Å². The molecule has 7 nitrogen and oxygen atoms in total. The van der Waals surface area contributed by atoms with Crippen molar-refractivity contribution in [1.29, 1.82) is 0 Å². The van der Waals surface area contributed by atoms with Gasteiger partial charge in [-0.05, 0) is 34.6 Å². The summed E-state index contributed by atoms with van der Waals surface area (Å²) >= 11 is 1.60. The van der Waals surface area contributed by atoms with Crippen molar-refractivity contribution in [1.82, 2.24) is 20.1 Å². The molecule has 2 amide bonds. The Morgan fingerprint density at radius 2 is 1.88 bits per heavy atom. The molecule has 0 spiro atoms. The number of amides is 2. The highest BCUT2D eigenvalue weighted by Crippen LogP contribution is 2.20. The van der Waals surface area contributed by atoms with Crippen LogP contribution in [0.3, 0.4) is 0 Å². The molecule has 1 unspecified atom stereocenters. The Morgan fingerprint density at radius 1 is 1.28 bits per heavy atom. The molecule has 1 aliphatic heterocycles. The lowest BCUT2D eigenvalue weighted by molar-refractivity contribution is -0.132. The van der Waals surface area contributed by atoms with Crippen LogP contribution < -0.4 is 5.32 Å². The van der Waals surface area contributed by atoms with Crippen molar-refractivity contribution in [3.8, 4) is 0 Å². The van der Waals surface area contributed by atoms with Crippen LogP contribution in [0.2, 0.25) is 0 Å². The molecule has 0 bridgehead atoms. The summed E-state index contributed by atoms with van der Waals surface area (Å²) in [4.78, 5) is 33.3. The SMILES string of the molecule is Cc1ncsc1C(C)NCC(=O)N1CCN(C(=O)OC(C)(C)C)CC1. The predicted molar refractivity (Wildman–Crippen MR) is 97.7 cm³/mol. The number of rotatable bonds is 4. The lowest BCUT2D eigenvalue weighted by Crippen LogP contribution is -2.53. The van der Waals surface area contributed by atoms with Crippen LogP contribution in [0.1, 0.15) is 44.3 Å². The zero-order valence-corrected chi connectivity index (χ0v) is 16.5. The van der Waals surface area contributed by atoms with Gasteiger partial charge in [0.05, 0.1) is 17.7 Å². The van der Waals surface area contributed by atoms with Crippen molar-refractivity contribution in [2.24, 2.45) is 0 Å². The number of carbonyl (C=O) groups is 2. The number of aryl methyl sites for hydroxylation is 1. The lowest BCUT2D eigenvalue weighted by Gasteiger charge is -2.35. The van der Waals surface area contributed by atoms with E-state index in [2.05, 4.69) is 10.3 Å². The van der Waals surface area contributed by atoms with E-state index >= 15 is 0 Å². The number of aromatic nitrogens is 1. The number of piperazine rings is 1. The number of carbonyl (C=O) groups excluding carboxylic acids is 2. The summed E-state index contributed by atoms with van der Waals surface area (Å²) in [5.41, 5.74) is 2.32. The molecule has 0 aliphatic carbocycles. The summed E-state index contributed by atoms with van der Waals surface area (Å²) in [5.74, 6) is 0.0536. The molecule has 2 rings (SSSR count). The molecule has 1 saturated heterocycles. The molecule has 0 aromatic carbocycles. The first kappa shape index (κ1) is 19.7. The highest BCUT2D eigenvalue weighted by Gasteiger charge is 2.27. The van der Waals surface area contributed by atoms with E-state index in [9.17, 15) is 9.59 Å². The Bertz CT molecular complexity index is 603. The van der Waals surface area contributed by atoms with E-state index in [1.165, 1.54) is 0 Å². The first-order valence-corrected chi connectivity index (χ1v) is 9.44. The summed E-state index contributed by atoms with van der Waals surface area (Å²) in [7, 11) is 0. The second-order valence-electron chi connectivity index (χ2n) is 7.25. The van der Waals surface area contributed by atoms with Gasteiger partial charge in [-0.3, -0.25) is 4.79 Å². The largest absolute Gasteiger partial charge is 0.444 e. The van der Waals surface area contributed by atoms with Crippen LogP contribution >= 0.6 is 11.3 Å². The fraction of sp³-hybridized carbons (Fsp3) is 0.706. The third-order valence-electron chi connectivity index (χ3n) is 4.02. The molecule has 1 N–H and O–H groups in total. The van der Waals surface area contributed by atoms with Crippen molar-refractivity contribution in [3.05, 3.63) is 16.1 Å². The van der Waals surface area contributed by atoms with Crippen molar-refractivity contribution < 1.29 is 14.3 Å². The Kier molecular flexibility index (Phi) is 6.40. The average Bonchev–Trinajstić information content (AvgIpc) is 2.97. The molecule has 1 atom stereocenters. The molecule has 0 saturated carbocycles. The normalized spacial score (nSPS) is 16.7. The monoisotopic (exact) mass is 368 g/mol. The summed E-state index contributed by atoms with van der Waals surface area (Å²) in [5, 5.41) is 3.26. The molecule has 140 valence electrons. The van der Waals surface area contributed by atoms with Gasteiger partial charge >= 0.3 is 6.09 Å². The quantitative estimate of drug-likeness (QED) is 0.882. The summed E-state index contributed by atoms with van der Waals surface area (Å²) < 4.78 is 5.37. The Morgan fingerprint density at radius 3 is 2.40 bits per heavy atom. The van der Waals surface area contributed by atoms with Crippen molar-refractivity contribution in [3.63, 3.8) is 0 Å². The number of ether oxygens (including phenoxy) is 1. The molecular formula is C17H28N4O3S. The predicted octanol–water partition coefficient (Wildman–Crippen LogP) is 2.18. The zero-order valence-electron chi connectivity index (χ0n) is 15.7. The number of thiazole rings is 1. The molecule has 1 aromatic rings. The fourth-order valence-electron chi connectivity index (χ4n) is 2.64. The molecule has 2 heterocycles. The number of nitrogens with zero attached hydrogens (tertiary/aromatic N) is 3. The standard InChI is InChI=1S/C17H28N4O3S/c1-12(15-13(2)19-11-25-15)18-10-14(22)20-6-8-21(9-7-20)16(23)24-17(3,4)5/h11-12,18H,6-10H2,1-5H3. The maximum atomic E-state index is 12.4. The van der Waals surface area contributed by atoms with Gasteiger partial charge in [0.15, 0.2) is 0 Å². The van der Waals surface area contributed by atoms with Gasteiger partial charge < -0.3 is 19.9 Å². The minimum absolute atomic E-state index is 0.0536. The maximum Gasteiger partial charge on any atom is 0.410 e. The van der Waals surface area contributed by atoms with E-state index in [1.807, 2.05) is 40.1 Å². The topological polar surface area (TPSA) is 74.8 Å². The molecule has 0 radical (unpaired) electrons. The van der Waals surface area contributed by atoms with E-state index in [4.69, 9.17) is 4.74 Å². The number of hydrogen-bond acceptors (Lipinski definition) is 6. The second-order valence-corrected chi connectivity index (χ2v) is 8.14. The van der Waals surface area contributed by atoms with Gasteiger partial charge in [0.25, 0.3) is 0 Å². The van der Waals surface area contributed by atoms with Crippen LogP contribution in [-0.4, -0.2) is 65.1 Å². The lowest BCUT2D eigenvalue weighted by atomic mass is 10.2. The summed E-state index contributed by atoms with van der Waals surface area (Å²) in [6, 6.07) is 0.0968. The van der Waals surface area contributed by atoms with Crippen molar-refractivity contribution >= 4 is 23.3 Å². The number of nitrogens with one attached hydrogen (secondary N) is 1. The van der Waals surface area contributed by atoms with Gasteiger partial charge in [-0.15, -0.1) is 11.3 Å². The highest BCUT2D eigenvalue weighted by molar-refractivity contribution is 7.09. The summed E-state index contributed by atoms with van der Waals surface area (Å²) in [6.45, 7) is 11.9. The van der Waals surface area contributed by atoms with Crippen LogP contribution in [0.4, 0.5) is 4.79 Å². The first-order valence-electron chi connectivity index (χ1n) is 8.56. The first-order chi connectivity index (χ1) is 11.7. The van der Waals surface area contributed by atoms with Gasteiger partial charge in [-0.25, -0.2) is 9.78 Å². The van der Waals surface area contributed by atoms with Crippen LogP contribution in [0.25, 0.3) is 0 Å². The zero-order chi connectivity index (χ0) is 18.6. The van der Waals surface area contributed by atoms with Crippen LogP contribution in [0, 0.1) is 6.92 Å². The van der Waals surface area contributed by atoms with E-state index in [-0.39, 0.29) is 24.6 Å². The molecule has 1 aromatic heterocycles. The molecular weight excluding hydrogens is 340 g/mol. The van der Waals surface area contributed by atoms with Crippen LogP contribution in [0.5, 0.6) is 0 Å². The minimum atomic E-state index is -0.501. The van der Waals surface area contributed by atoms with Gasteiger partial charge in [0.2, 0.25) is 5.91 Å². The van der Waals surface area contributed by atoms with Crippen molar-refractivity contribution in [2.45, 2.75) is 46.3 Å². The van der Waals surface area contributed by atoms with Crippen molar-refractivity contribution in [2.75, 3.05) is 32.7 Å². The second kappa shape index (κ2) is 8.14. The van der Waals surface area contributed by atoms with E-state index in [0.717, 1.165) is 10.6 Å². The smallest absolute Gasteiger partial charge is 0.410 e. The molecule has 1 aliphatic rings. The molecule has 8 heteroatoms. The average molecular weight is 369 g/mol. The van der Waals surface area contributed by atoms with Gasteiger partial charge in [0, 0.05) is 37.1 Å². The van der Waals surface area contributed by atoms with Crippen LogP contribution in [0.15, 0.2) is 5.51 Å². The number of hydrogen-bond donors (Lipinski definition) is 1. The Labute approximate surface area is 153 Å². The molecule has 1 fully saturated rings.